The molecule has 1 amide bonds. The SMILES string of the molecule is CNc1nc(N[C@H]2CC[C@@H](C(=O)NCc3ccccc3OC(F)(F)F)CC2)nc(-c2ccc(C(F)(F)F)cc2)n1. The number of anilines is 2. The van der Waals surface area contributed by atoms with Crippen LogP contribution >= 0.6 is 0 Å². The van der Waals surface area contributed by atoms with Crippen LogP contribution in [0.25, 0.3) is 11.4 Å². The Morgan fingerprint density at radius 1 is 0.900 bits per heavy atom. The average Bonchev–Trinajstić information content (AvgIpc) is 2.91. The van der Waals surface area contributed by atoms with Crippen molar-refractivity contribution in [3.8, 4) is 17.1 Å². The Balaban J connectivity index is 1.34. The second-order valence-corrected chi connectivity index (χ2v) is 9.20. The van der Waals surface area contributed by atoms with Gasteiger partial charge in [-0.05, 0) is 43.9 Å². The predicted octanol–water partition coefficient (Wildman–Crippen LogP) is 5.78. The number of ether oxygens (including phenoxy) is 1. The molecule has 4 rings (SSSR count). The Morgan fingerprint density at radius 2 is 1.55 bits per heavy atom. The number of rotatable bonds is 8. The third-order valence-electron chi connectivity index (χ3n) is 6.41. The molecule has 0 radical (unpaired) electrons. The first-order chi connectivity index (χ1) is 18.9. The number of benzene rings is 2. The summed E-state index contributed by atoms with van der Waals surface area (Å²) in [7, 11) is 1.60. The Morgan fingerprint density at radius 3 is 2.17 bits per heavy atom. The van der Waals surface area contributed by atoms with E-state index < -0.39 is 18.1 Å². The molecule has 40 heavy (non-hydrogen) atoms. The van der Waals surface area contributed by atoms with Crippen molar-refractivity contribution in [1.82, 2.24) is 20.3 Å². The largest absolute Gasteiger partial charge is 0.573 e. The Hall–Kier alpha value is -4.10. The van der Waals surface area contributed by atoms with Gasteiger partial charge in [-0.15, -0.1) is 13.2 Å². The molecular weight excluding hydrogens is 542 g/mol. The minimum atomic E-state index is -4.84. The fraction of sp³-hybridized carbons (Fsp3) is 0.385. The summed E-state index contributed by atoms with van der Waals surface area (Å²) in [6.07, 6.45) is -7.04. The van der Waals surface area contributed by atoms with E-state index in [4.69, 9.17) is 0 Å². The standard InChI is InChI=1S/C26H26F6N6O2/c1-33-23-36-21(15-6-10-18(11-7-15)25(27,28)29)37-24(38-23)35-19-12-8-16(9-13-19)22(39)34-14-17-4-2-3-5-20(17)40-26(30,31)32/h2-7,10-11,16,19H,8-9,12-14H2,1H3,(H,34,39)(H2,33,35,36,37,38)/t16-,19+. The molecule has 1 aliphatic carbocycles. The minimum absolute atomic E-state index is 0.0717. The maximum absolute atomic E-state index is 12.9. The summed E-state index contributed by atoms with van der Waals surface area (Å²) in [4.78, 5) is 25.6. The van der Waals surface area contributed by atoms with Gasteiger partial charge in [0, 0.05) is 36.7 Å². The highest BCUT2D eigenvalue weighted by atomic mass is 19.4. The van der Waals surface area contributed by atoms with Gasteiger partial charge in [-0.3, -0.25) is 4.79 Å². The highest BCUT2D eigenvalue weighted by Gasteiger charge is 2.33. The molecule has 3 N–H and O–H groups in total. The lowest BCUT2D eigenvalue weighted by molar-refractivity contribution is -0.274. The number of amides is 1. The van der Waals surface area contributed by atoms with Gasteiger partial charge in [-0.2, -0.15) is 28.1 Å². The first kappa shape index (κ1) is 28.9. The molecule has 8 nitrogen and oxygen atoms in total. The van der Waals surface area contributed by atoms with E-state index in [1.165, 1.54) is 30.3 Å². The maximum Gasteiger partial charge on any atom is 0.573 e. The molecule has 214 valence electrons. The van der Waals surface area contributed by atoms with Crippen molar-refractivity contribution in [2.75, 3.05) is 17.7 Å². The molecule has 1 saturated carbocycles. The normalized spacial score (nSPS) is 17.7. The number of hydrogen-bond donors (Lipinski definition) is 3. The lowest BCUT2D eigenvalue weighted by Gasteiger charge is -2.28. The smallest absolute Gasteiger partial charge is 0.405 e. The summed E-state index contributed by atoms with van der Waals surface area (Å²) in [5, 5.41) is 8.72. The molecule has 0 atom stereocenters. The van der Waals surface area contributed by atoms with Crippen molar-refractivity contribution in [2.24, 2.45) is 5.92 Å². The molecule has 1 heterocycles. The van der Waals surface area contributed by atoms with Crippen molar-refractivity contribution in [1.29, 1.82) is 0 Å². The van der Waals surface area contributed by atoms with Crippen molar-refractivity contribution < 1.29 is 35.9 Å². The maximum atomic E-state index is 12.9. The monoisotopic (exact) mass is 568 g/mol. The molecule has 14 heteroatoms. The van der Waals surface area contributed by atoms with Gasteiger partial charge in [0.25, 0.3) is 0 Å². The van der Waals surface area contributed by atoms with Gasteiger partial charge in [0.1, 0.15) is 5.75 Å². The highest BCUT2D eigenvalue weighted by molar-refractivity contribution is 5.78. The molecule has 1 fully saturated rings. The molecule has 1 aliphatic rings. The third kappa shape index (κ3) is 7.73. The highest BCUT2D eigenvalue weighted by Crippen LogP contribution is 2.31. The van der Waals surface area contributed by atoms with E-state index in [2.05, 4.69) is 35.6 Å². The Kier molecular flexibility index (Phi) is 8.64. The number of halogens is 6. The van der Waals surface area contributed by atoms with Crippen molar-refractivity contribution >= 4 is 17.8 Å². The fourth-order valence-electron chi connectivity index (χ4n) is 4.37. The van der Waals surface area contributed by atoms with Gasteiger partial charge >= 0.3 is 12.5 Å². The van der Waals surface area contributed by atoms with E-state index in [1.54, 1.807) is 13.1 Å². The summed E-state index contributed by atoms with van der Waals surface area (Å²) >= 11 is 0. The van der Waals surface area contributed by atoms with E-state index >= 15 is 0 Å². The van der Waals surface area contributed by atoms with Gasteiger partial charge in [-0.25, -0.2) is 0 Å². The van der Waals surface area contributed by atoms with E-state index in [1.807, 2.05) is 0 Å². The lowest BCUT2D eigenvalue weighted by atomic mass is 9.85. The summed E-state index contributed by atoms with van der Waals surface area (Å²) in [6, 6.07) is 10.0. The van der Waals surface area contributed by atoms with Crippen molar-refractivity contribution in [2.45, 2.75) is 50.8 Å². The van der Waals surface area contributed by atoms with E-state index in [0.29, 0.717) is 31.2 Å². The molecule has 0 aliphatic heterocycles. The summed E-state index contributed by atoms with van der Waals surface area (Å²) in [5.74, 6) is -0.278. The van der Waals surface area contributed by atoms with Crippen LogP contribution in [0.2, 0.25) is 0 Å². The number of nitrogens with zero attached hydrogens (tertiary/aromatic N) is 3. The quantitative estimate of drug-likeness (QED) is 0.296. The topological polar surface area (TPSA) is 101 Å². The third-order valence-corrected chi connectivity index (χ3v) is 6.41. The van der Waals surface area contributed by atoms with Crippen LogP contribution in [0, 0.1) is 5.92 Å². The van der Waals surface area contributed by atoms with Gasteiger partial charge in [-0.1, -0.05) is 30.3 Å². The van der Waals surface area contributed by atoms with E-state index in [0.717, 1.165) is 12.1 Å². The molecule has 0 spiro atoms. The molecule has 2 aromatic carbocycles. The van der Waals surface area contributed by atoms with Crippen LogP contribution in [0.3, 0.4) is 0 Å². The average molecular weight is 569 g/mol. The molecule has 0 saturated heterocycles. The second kappa shape index (κ2) is 12.0. The minimum Gasteiger partial charge on any atom is -0.405 e. The molecule has 0 unspecified atom stereocenters. The van der Waals surface area contributed by atoms with Crippen LogP contribution in [-0.4, -0.2) is 40.3 Å². The number of alkyl halides is 6. The Labute approximate surface area is 225 Å². The zero-order valence-corrected chi connectivity index (χ0v) is 21.2. The number of nitrogens with one attached hydrogen (secondary N) is 3. The first-order valence-corrected chi connectivity index (χ1v) is 12.4. The first-order valence-electron chi connectivity index (χ1n) is 12.4. The fourth-order valence-corrected chi connectivity index (χ4v) is 4.37. The van der Waals surface area contributed by atoms with Gasteiger partial charge in [0.05, 0.1) is 5.56 Å². The van der Waals surface area contributed by atoms with Gasteiger partial charge in [0.2, 0.25) is 17.8 Å². The molecule has 3 aromatic rings. The summed E-state index contributed by atoms with van der Waals surface area (Å²) in [6.45, 7) is -0.104. The van der Waals surface area contributed by atoms with Gasteiger partial charge < -0.3 is 20.7 Å². The van der Waals surface area contributed by atoms with Crippen LogP contribution in [0.1, 0.15) is 36.8 Å². The van der Waals surface area contributed by atoms with Crippen LogP contribution in [0.15, 0.2) is 48.5 Å². The predicted molar refractivity (Wildman–Crippen MR) is 134 cm³/mol. The number of carbonyl (C=O) groups excluding carboxylic acids is 1. The molecule has 1 aromatic heterocycles. The number of para-hydroxylation sites is 1. The number of carbonyl (C=O) groups is 1. The van der Waals surface area contributed by atoms with Crippen molar-refractivity contribution in [3.63, 3.8) is 0 Å². The van der Waals surface area contributed by atoms with Gasteiger partial charge in [0.15, 0.2) is 5.82 Å². The van der Waals surface area contributed by atoms with Crippen LogP contribution in [0.4, 0.5) is 38.2 Å². The summed E-state index contributed by atoms with van der Waals surface area (Å²) < 4.78 is 80.7. The molecular formula is C26H26F6N6O2. The number of hydrogen-bond acceptors (Lipinski definition) is 7. The number of aromatic nitrogens is 3. The van der Waals surface area contributed by atoms with Crippen LogP contribution in [-0.2, 0) is 17.5 Å². The Bertz CT molecular complexity index is 1310. The lowest BCUT2D eigenvalue weighted by Crippen LogP contribution is -2.36. The van der Waals surface area contributed by atoms with E-state index in [-0.39, 0.29) is 53.4 Å². The van der Waals surface area contributed by atoms with E-state index in [9.17, 15) is 31.1 Å². The second-order valence-electron chi connectivity index (χ2n) is 9.20. The van der Waals surface area contributed by atoms with Crippen LogP contribution in [0.5, 0.6) is 5.75 Å². The zero-order chi connectivity index (χ0) is 28.9. The zero-order valence-electron chi connectivity index (χ0n) is 21.2. The van der Waals surface area contributed by atoms with Crippen molar-refractivity contribution in [3.05, 3.63) is 59.7 Å². The van der Waals surface area contributed by atoms with Crippen LogP contribution < -0.4 is 20.7 Å². The summed E-state index contributed by atoms with van der Waals surface area (Å²) in [5.41, 5.74) is -0.183. The molecule has 0 bridgehead atoms.